The number of amides is 1. The van der Waals surface area contributed by atoms with Crippen LogP contribution in [0.25, 0.3) is 10.8 Å². The molecule has 0 aromatic heterocycles. The maximum atomic E-state index is 12.3. The first-order valence-electron chi connectivity index (χ1n) is 9.10. The van der Waals surface area contributed by atoms with Crippen LogP contribution in [0.3, 0.4) is 0 Å². The Bertz CT molecular complexity index is 1080. The third kappa shape index (κ3) is 5.27. The number of nitrogens with zero attached hydrogens (tertiary/aromatic N) is 1. The quantitative estimate of drug-likeness (QED) is 0.496. The predicted molar refractivity (Wildman–Crippen MR) is 117 cm³/mol. The number of fused-ring (bicyclic) bond motifs is 1. The zero-order chi connectivity index (χ0) is 21.0. The first kappa shape index (κ1) is 20.7. The molecule has 0 bridgehead atoms. The van der Waals surface area contributed by atoms with Gasteiger partial charge in [-0.25, -0.2) is 4.79 Å². The number of ether oxygens (including phenoxy) is 2. The molecule has 0 saturated heterocycles. The van der Waals surface area contributed by atoms with Crippen LogP contribution in [0.1, 0.15) is 31.9 Å². The van der Waals surface area contributed by atoms with Crippen molar-refractivity contribution in [3.63, 3.8) is 0 Å². The lowest BCUT2D eigenvalue weighted by Crippen LogP contribution is -2.27. The summed E-state index contributed by atoms with van der Waals surface area (Å²) in [7, 11) is 0. The highest BCUT2D eigenvalue weighted by atomic mass is 79.9. The minimum Gasteiger partial charge on any atom is -0.488 e. The maximum absolute atomic E-state index is 12.3. The summed E-state index contributed by atoms with van der Waals surface area (Å²) in [4.78, 5) is 12.3. The Morgan fingerprint density at radius 1 is 1.10 bits per heavy atom. The molecule has 29 heavy (non-hydrogen) atoms. The molecule has 148 valence electrons. The first-order chi connectivity index (χ1) is 13.8. The summed E-state index contributed by atoms with van der Waals surface area (Å²) in [6.45, 7) is 5.78. The second-order valence-corrected chi connectivity index (χ2v) is 8.30. The van der Waals surface area contributed by atoms with Crippen molar-refractivity contribution in [3.05, 3.63) is 70.2 Å². The fourth-order valence-corrected chi connectivity index (χ4v) is 3.34. The Balaban J connectivity index is 2.00. The number of benzene rings is 3. The summed E-state index contributed by atoms with van der Waals surface area (Å²) >= 11 is 3.56. The van der Waals surface area contributed by atoms with Crippen LogP contribution in [0, 0.1) is 11.3 Å². The minimum absolute atomic E-state index is 0.361. The zero-order valence-corrected chi connectivity index (χ0v) is 18.0. The molecule has 0 radical (unpaired) electrons. The molecule has 1 N–H and O–H groups in total. The summed E-state index contributed by atoms with van der Waals surface area (Å²) in [5.74, 6) is 0.565. The van der Waals surface area contributed by atoms with Gasteiger partial charge in [0.05, 0.1) is 17.3 Å². The highest BCUT2D eigenvalue weighted by Gasteiger charge is 2.19. The van der Waals surface area contributed by atoms with Gasteiger partial charge in [0, 0.05) is 21.3 Å². The molecule has 0 unspecified atom stereocenters. The standard InChI is InChI=1S/C23H21BrN2O3/c1-23(2,3)29-22(27)26-19-12-20(28-14-15-7-5-4-6-8-15)18-11-16(13-25)9-10-17(18)21(19)24/h4-12H,14H2,1-3H3,(H,26,27). The maximum Gasteiger partial charge on any atom is 0.412 e. The van der Waals surface area contributed by atoms with E-state index in [1.54, 1.807) is 39.0 Å². The molecule has 1 amide bonds. The molecule has 5 nitrogen and oxygen atoms in total. The van der Waals surface area contributed by atoms with Crippen LogP contribution < -0.4 is 10.1 Å². The summed E-state index contributed by atoms with van der Waals surface area (Å²) in [5.41, 5.74) is 1.46. The average Bonchev–Trinajstić information content (AvgIpc) is 2.68. The van der Waals surface area contributed by atoms with Crippen molar-refractivity contribution in [2.24, 2.45) is 0 Å². The van der Waals surface area contributed by atoms with Gasteiger partial charge in [0.1, 0.15) is 18.0 Å². The molecule has 0 fully saturated rings. The van der Waals surface area contributed by atoms with Gasteiger partial charge < -0.3 is 9.47 Å². The van der Waals surface area contributed by atoms with E-state index in [0.717, 1.165) is 16.3 Å². The van der Waals surface area contributed by atoms with Gasteiger partial charge in [-0.3, -0.25) is 5.32 Å². The predicted octanol–water partition coefficient (Wildman–Crippen LogP) is 6.40. The van der Waals surface area contributed by atoms with Crippen LogP contribution in [0.15, 0.2) is 59.1 Å². The van der Waals surface area contributed by atoms with E-state index in [0.29, 0.717) is 28.1 Å². The fraction of sp³-hybridized carbons (Fsp3) is 0.217. The summed E-state index contributed by atoms with van der Waals surface area (Å²) in [6, 6.07) is 19.0. The number of anilines is 1. The molecule has 3 rings (SSSR count). The van der Waals surface area contributed by atoms with Gasteiger partial charge in [-0.1, -0.05) is 36.4 Å². The number of nitrogens with one attached hydrogen (secondary N) is 1. The van der Waals surface area contributed by atoms with Crippen molar-refractivity contribution in [2.75, 3.05) is 5.32 Å². The molecule has 0 saturated carbocycles. The molecule has 3 aromatic carbocycles. The smallest absolute Gasteiger partial charge is 0.412 e. The summed E-state index contributed by atoms with van der Waals surface area (Å²) < 4.78 is 12.1. The Kier molecular flexibility index (Phi) is 6.09. The normalized spacial score (nSPS) is 11.0. The SMILES string of the molecule is CC(C)(C)OC(=O)Nc1cc(OCc2ccccc2)c2cc(C#N)ccc2c1Br. The van der Waals surface area contributed by atoms with Crippen LogP contribution in [0.4, 0.5) is 10.5 Å². The molecular formula is C23H21BrN2O3. The monoisotopic (exact) mass is 452 g/mol. The van der Waals surface area contributed by atoms with Crippen LogP contribution in [-0.4, -0.2) is 11.7 Å². The lowest BCUT2D eigenvalue weighted by atomic mass is 10.1. The Labute approximate surface area is 178 Å². The molecular weight excluding hydrogens is 432 g/mol. The number of carbonyl (C=O) groups excluding carboxylic acids is 1. The van der Waals surface area contributed by atoms with Crippen LogP contribution in [0.2, 0.25) is 0 Å². The molecule has 6 heteroatoms. The van der Waals surface area contributed by atoms with E-state index in [1.165, 1.54) is 0 Å². The highest BCUT2D eigenvalue weighted by Crippen LogP contribution is 2.39. The number of nitriles is 1. The van der Waals surface area contributed by atoms with Gasteiger partial charge in [0.25, 0.3) is 0 Å². The molecule has 0 spiro atoms. The first-order valence-corrected chi connectivity index (χ1v) is 9.89. The molecule has 0 aliphatic rings. The number of hydrogen-bond donors (Lipinski definition) is 1. The van der Waals surface area contributed by atoms with Crippen molar-refractivity contribution in [1.29, 1.82) is 5.26 Å². The lowest BCUT2D eigenvalue weighted by Gasteiger charge is -2.21. The van der Waals surface area contributed by atoms with Crippen LogP contribution in [0.5, 0.6) is 5.75 Å². The van der Waals surface area contributed by atoms with Crippen molar-refractivity contribution in [2.45, 2.75) is 33.0 Å². The molecule has 0 heterocycles. The van der Waals surface area contributed by atoms with Gasteiger partial charge in [-0.15, -0.1) is 0 Å². The third-order valence-electron chi connectivity index (χ3n) is 4.04. The van der Waals surface area contributed by atoms with E-state index >= 15 is 0 Å². The van der Waals surface area contributed by atoms with Crippen molar-refractivity contribution in [1.82, 2.24) is 0 Å². The molecule has 0 atom stereocenters. The average molecular weight is 453 g/mol. The van der Waals surface area contributed by atoms with Gasteiger partial charge in [-0.05, 0) is 54.4 Å². The molecule has 0 aliphatic heterocycles. The van der Waals surface area contributed by atoms with E-state index in [4.69, 9.17) is 9.47 Å². The van der Waals surface area contributed by atoms with Gasteiger partial charge in [0.2, 0.25) is 0 Å². The van der Waals surface area contributed by atoms with Gasteiger partial charge in [-0.2, -0.15) is 5.26 Å². The Hall–Kier alpha value is -3.04. The van der Waals surface area contributed by atoms with Crippen molar-refractivity contribution < 1.29 is 14.3 Å². The molecule has 0 aliphatic carbocycles. The van der Waals surface area contributed by atoms with E-state index in [9.17, 15) is 10.1 Å². The van der Waals surface area contributed by atoms with Crippen LogP contribution in [-0.2, 0) is 11.3 Å². The third-order valence-corrected chi connectivity index (χ3v) is 4.89. The summed E-state index contributed by atoms with van der Waals surface area (Å²) in [6.07, 6.45) is -0.555. The minimum atomic E-state index is -0.609. The number of carbonyl (C=O) groups is 1. The van der Waals surface area contributed by atoms with Gasteiger partial charge in [0.15, 0.2) is 0 Å². The number of halogens is 1. The van der Waals surface area contributed by atoms with E-state index in [1.807, 2.05) is 36.4 Å². The lowest BCUT2D eigenvalue weighted by molar-refractivity contribution is 0.0636. The second-order valence-electron chi connectivity index (χ2n) is 7.51. The number of rotatable bonds is 4. The zero-order valence-electron chi connectivity index (χ0n) is 16.5. The second kappa shape index (κ2) is 8.54. The van der Waals surface area contributed by atoms with Crippen molar-refractivity contribution in [3.8, 4) is 11.8 Å². The molecule has 3 aromatic rings. The Morgan fingerprint density at radius 3 is 2.48 bits per heavy atom. The van der Waals surface area contributed by atoms with E-state index < -0.39 is 11.7 Å². The van der Waals surface area contributed by atoms with Crippen molar-refractivity contribution >= 4 is 38.5 Å². The number of hydrogen-bond acceptors (Lipinski definition) is 4. The largest absolute Gasteiger partial charge is 0.488 e. The van der Waals surface area contributed by atoms with E-state index in [-0.39, 0.29) is 0 Å². The van der Waals surface area contributed by atoms with Gasteiger partial charge >= 0.3 is 6.09 Å². The topological polar surface area (TPSA) is 71.3 Å². The van der Waals surface area contributed by atoms with E-state index in [2.05, 4.69) is 27.3 Å². The summed E-state index contributed by atoms with van der Waals surface area (Å²) in [5, 5.41) is 13.6. The van der Waals surface area contributed by atoms with Crippen LogP contribution >= 0.6 is 15.9 Å². The Morgan fingerprint density at radius 2 is 1.83 bits per heavy atom. The fourth-order valence-electron chi connectivity index (χ4n) is 2.79. The highest BCUT2D eigenvalue weighted by molar-refractivity contribution is 9.10.